The maximum Gasteiger partial charge on any atom is 0.311 e. The van der Waals surface area contributed by atoms with Gasteiger partial charge >= 0.3 is 5.97 Å². The summed E-state index contributed by atoms with van der Waals surface area (Å²) in [5.41, 5.74) is 1.62. The summed E-state index contributed by atoms with van der Waals surface area (Å²) < 4.78 is 5.44. The van der Waals surface area contributed by atoms with E-state index in [-0.39, 0.29) is 17.5 Å². The smallest absolute Gasteiger partial charge is 0.311 e. The van der Waals surface area contributed by atoms with Crippen molar-refractivity contribution >= 4 is 18.1 Å². The van der Waals surface area contributed by atoms with E-state index in [4.69, 9.17) is 4.74 Å². The molecule has 4 heteroatoms. The number of benzene rings is 2. The highest BCUT2D eigenvalue weighted by Gasteiger charge is 2.05. The molecule has 0 bridgehead atoms. The fourth-order valence-corrected chi connectivity index (χ4v) is 4.08. The number of ether oxygens (including phenoxy) is 1. The number of hydrogen-bond acceptors (Lipinski definition) is 4. The van der Waals surface area contributed by atoms with E-state index in [0.717, 1.165) is 24.8 Å². The number of phenolic OH excluding ortho intramolecular Hbond substituents is 2. The first-order valence-corrected chi connectivity index (χ1v) is 13.7. The molecule has 2 N–H and O–H groups in total. The lowest BCUT2D eigenvalue weighted by atomic mass is 10.1. The summed E-state index contributed by atoms with van der Waals surface area (Å²) in [5.74, 6) is 0.386. The van der Waals surface area contributed by atoms with Gasteiger partial charge in [-0.15, -0.1) is 0 Å². The largest absolute Gasteiger partial charge is 0.508 e. The van der Waals surface area contributed by atoms with Crippen molar-refractivity contribution in [3.63, 3.8) is 0 Å². The van der Waals surface area contributed by atoms with Gasteiger partial charge in [0.05, 0.1) is 0 Å². The number of rotatable bonds is 18. The van der Waals surface area contributed by atoms with Crippen LogP contribution in [-0.2, 0) is 4.79 Å². The third-order valence-electron chi connectivity index (χ3n) is 6.15. The molecule has 2 rings (SSSR count). The van der Waals surface area contributed by atoms with Gasteiger partial charge in [0.25, 0.3) is 0 Å². The Kier molecular flexibility index (Phi) is 14.8. The molecule has 0 aromatic heterocycles. The molecule has 0 saturated carbocycles. The van der Waals surface area contributed by atoms with Crippen molar-refractivity contribution in [3.8, 4) is 17.2 Å². The van der Waals surface area contributed by atoms with Crippen LogP contribution in [0.1, 0.15) is 108 Å². The normalized spacial score (nSPS) is 11.5. The van der Waals surface area contributed by atoms with Crippen LogP contribution in [0.2, 0.25) is 0 Å². The molecule has 0 radical (unpaired) electrons. The Morgan fingerprint density at radius 3 is 1.83 bits per heavy atom. The predicted octanol–water partition coefficient (Wildman–Crippen LogP) is 9.21. The number of carbonyl (C=O) groups is 1. The number of hydrogen-bond donors (Lipinski definition) is 2. The minimum absolute atomic E-state index is 0.0168. The van der Waals surface area contributed by atoms with Crippen molar-refractivity contribution in [1.29, 1.82) is 0 Å². The zero-order valence-electron chi connectivity index (χ0n) is 22.0. The minimum atomic E-state index is -0.189. The summed E-state index contributed by atoms with van der Waals surface area (Å²) in [7, 11) is 0. The third kappa shape index (κ3) is 13.8. The first-order valence-electron chi connectivity index (χ1n) is 13.7. The van der Waals surface area contributed by atoms with Gasteiger partial charge < -0.3 is 14.9 Å². The number of allylic oxidation sites excluding steroid dienone is 2. The topological polar surface area (TPSA) is 66.8 Å². The Morgan fingerprint density at radius 2 is 1.22 bits per heavy atom. The highest BCUT2D eigenvalue weighted by Crippen LogP contribution is 2.22. The molecule has 196 valence electrons. The Hall–Kier alpha value is -3.01. The summed E-state index contributed by atoms with van der Waals surface area (Å²) in [6.07, 6.45) is 24.9. The van der Waals surface area contributed by atoms with Crippen LogP contribution in [0.4, 0.5) is 0 Å². The zero-order chi connectivity index (χ0) is 25.8. The van der Waals surface area contributed by atoms with Crippen molar-refractivity contribution in [3.05, 3.63) is 65.7 Å². The molecule has 0 atom stereocenters. The SMILES string of the molecule is CCCCCCCCC=CCCCCCCCC(=O)Oc1ccc(C=Cc2cc(O)cc(O)c2)cc1. The van der Waals surface area contributed by atoms with Crippen LogP contribution < -0.4 is 4.74 Å². The molecule has 4 nitrogen and oxygen atoms in total. The summed E-state index contributed by atoms with van der Waals surface area (Å²) in [6, 6.07) is 11.7. The van der Waals surface area contributed by atoms with Crippen LogP contribution >= 0.6 is 0 Å². The molecule has 0 aliphatic rings. The molecule has 0 spiro atoms. The zero-order valence-corrected chi connectivity index (χ0v) is 22.0. The van der Waals surface area contributed by atoms with Gasteiger partial charge in [0.2, 0.25) is 0 Å². The number of aromatic hydroxyl groups is 2. The van der Waals surface area contributed by atoms with E-state index >= 15 is 0 Å². The molecular formula is C32H44O4. The average Bonchev–Trinajstić information content (AvgIpc) is 2.85. The fraction of sp³-hybridized carbons (Fsp3) is 0.469. The van der Waals surface area contributed by atoms with E-state index in [2.05, 4.69) is 19.1 Å². The Balaban J connectivity index is 1.50. The summed E-state index contributed by atoms with van der Waals surface area (Å²) >= 11 is 0. The molecule has 36 heavy (non-hydrogen) atoms. The van der Waals surface area contributed by atoms with Crippen LogP contribution in [0, 0.1) is 0 Å². The van der Waals surface area contributed by atoms with Gasteiger partial charge in [-0.3, -0.25) is 4.79 Å². The van der Waals surface area contributed by atoms with Gasteiger partial charge in [-0.25, -0.2) is 0 Å². The van der Waals surface area contributed by atoms with Gasteiger partial charge in [0.1, 0.15) is 17.2 Å². The van der Waals surface area contributed by atoms with Gasteiger partial charge in [-0.2, -0.15) is 0 Å². The van der Waals surface area contributed by atoms with E-state index in [9.17, 15) is 15.0 Å². The quantitative estimate of drug-likeness (QED) is 0.0715. The van der Waals surface area contributed by atoms with Crippen molar-refractivity contribution in [1.82, 2.24) is 0 Å². The van der Waals surface area contributed by atoms with Crippen LogP contribution in [0.15, 0.2) is 54.6 Å². The van der Waals surface area contributed by atoms with Crippen molar-refractivity contribution in [2.24, 2.45) is 0 Å². The summed E-state index contributed by atoms with van der Waals surface area (Å²) in [6.45, 7) is 2.26. The monoisotopic (exact) mass is 492 g/mol. The third-order valence-corrected chi connectivity index (χ3v) is 6.15. The van der Waals surface area contributed by atoms with Crippen LogP contribution in [0.5, 0.6) is 17.2 Å². The van der Waals surface area contributed by atoms with Crippen LogP contribution in [0.3, 0.4) is 0 Å². The first kappa shape index (κ1) is 29.2. The maximum atomic E-state index is 12.1. The predicted molar refractivity (Wildman–Crippen MR) is 150 cm³/mol. The lowest BCUT2D eigenvalue weighted by molar-refractivity contribution is -0.134. The molecule has 0 heterocycles. The number of carbonyl (C=O) groups excluding carboxylic acids is 1. The second-order valence-corrected chi connectivity index (χ2v) is 9.49. The minimum Gasteiger partial charge on any atom is -0.508 e. The second-order valence-electron chi connectivity index (χ2n) is 9.49. The molecule has 0 amide bonds. The van der Waals surface area contributed by atoms with E-state index in [1.54, 1.807) is 30.3 Å². The number of unbranched alkanes of at least 4 members (excludes halogenated alkanes) is 11. The molecule has 0 aliphatic carbocycles. The fourth-order valence-electron chi connectivity index (χ4n) is 4.08. The molecule has 0 aliphatic heterocycles. The standard InChI is InChI=1S/C32H44O4/c1-2-3-4-5-6-7-8-9-10-11-12-13-14-15-16-17-32(35)36-31-22-20-27(21-23-31)18-19-28-24-29(33)26-30(34)25-28/h9-10,18-26,33-34H,2-8,11-17H2,1H3. The van der Waals surface area contributed by atoms with Crippen molar-refractivity contribution in [2.75, 3.05) is 0 Å². The number of phenols is 2. The van der Waals surface area contributed by atoms with Gasteiger partial charge in [0, 0.05) is 12.5 Å². The molecule has 2 aromatic carbocycles. The Bertz CT molecular complexity index is 907. The Morgan fingerprint density at radius 1 is 0.694 bits per heavy atom. The first-order chi connectivity index (χ1) is 17.6. The van der Waals surface area contributed by atoms with E-state index in [1.165, 1.54) is 70.3 Å². The maximum absolute atomic E-state index is 12.1. The number of esters is 1. The van der Waals surface area contributed by atoms with Crippen LogP contribution in [0.25, 0.3) is 12.2 Å². The molecule has 0 saturated heterocycles. The second kappa shape index (κ2) is 18.3. The highest BCUT2D eigenvalue weighted by atomic mass is 16.5. The average molecular weight is 493 g/mol. The van der Waals surface area contributed by atoms with Gasteiger partial charge in [0.15, 0.2) is 0 Å². The summed E-state index contributed by atoms with van der Waals surface area (Å²) in [5, 5.41) is 19.1. The van der Waals surface area contributed by atoms with Crippen molar-refractivity contribution < 1.29 is 19.7 Å². The van der Waals surface area contributed by atoms with Crippen LogP contribution in [-0.4, -0.2) is 16.2 Å². The van der Waals surface area contributed by atoms with E-state index in [1.807, 2.05) is 18.2 Å². The highest BCUT2D eigenvalue weighted by molar-refractivity contribution is 5.73. The lowest BCUT2D eigenvalue weighted by Crippen LogP contribution is -2.07. The lowest BCUT2D eigenvalue weighted by Gasteiger charge is -2.05. The van der Waals surface area contributed by atoms with Gasteiger partial charge in [-0.1, -0.05) is 94.7 Å². The van der Waals surface area contributed by atoms with E-state index < -0.39 is 0 Å². The Labute approximate surface area is 217 Å². The summed E-state index contributed by atoms with van der Waals surface area (Å²) in [4.78, 5) is 12.1. The molecule has 0 unspecified atom stereocenters. The molecule has 0 fully saturated rings. The van der Waals surface area contributed by atoms with E-state index in [0.29, 0.717) is 17.7 Å². The molecule has 2 aromatic rings. The molecular weight excluding hydrogens is 448 g/mol. The van der Waals surface area contributed by atoms with Gasteiger partial charge in [-0.05, 0) is 67.5 Å². The van der Waals surface area contributed by atoms with Crippen molar-refractivity contribution in [2.45, 2.75) is 96.8 Å².